The Balaban J connectivity index is 2.47. The molecule has 0 aliphatic carbocycles. The molecule has 0 saturated heterocycles. The first-order valence-corrected chi connectivity index (χ1v) is 4.53. The Morgan fingerprint density at radius 1 is 1.53 bits per heavy atom. The number of esters is 1. The van der Waals surface area contributed by atoms with E-state index >= 15 is 0 Å². The van der Waals surface area contributed by atoms with Crippen LogP contribution >= 0.6 is 0 Å². The van der Waals surface area contributed by atoms with Gasteiger partial charge in [0.15, 0.2) is 0 Å². The number of nitrogens with zero attached hydrogens (tertiary/aromatic N) is 1. The highest BCUT2D eigenvalue weighted by molar-refractivity contribution is 5.76. The molecule has 0 bridgehead atoms. The number of alkyl halides is 2. The number of carbonyl (C=O) groups excluding carboxylic acids is 1. The summed E-state index contributed by atoms with van der Waals surface area (Å²) < 4.78 is 30.0. The second kappa shape index (κ2) is 3.72. The molecule has 0 saturated carbocycles. The summed E-state index contributed by atoms with van der Waals surface area (Å²) in [4.78, 5) is 14.7. The quantitative estimate of drug-likeness (QED) is 0.665. The van der Waals surface area contributed by atoms with Gasteiger partial charge >= 0.3 is 11.9 Å². The molecule has 0 amide bonds. The van der Waals surface area contributed by atoms with Gasteiger partial charge in [0.25, 0.3) is 0 Å². The normalized spacial score (nSPS) is 18.9. The molecule has 0 aromatic heterocycles. The highest BCUT2D eigenvalue weighted by atomic mass is 19.3. The number of rotatable bonds is 2. The molecule has 0 atom stereocenters. The first-order chi connectivity index (χ1) is 6.71. The average molecular weight is 217 g/mol. The molecule has 84 valence electrons. The number of hydrogen-bond donors (Lipinski definition) is 0. The van der Waals surface area contributed by atoms with Gasteiger partial charge in [-0.3, -0.25) is 9.79 Å². The maximum absolute atomic E-state index is 12.6. The lowest BCUT2D eigenvalue weighted by Gasteiger charge is -2.16. The van der Waals surface area contributed by atoms with Crippen LogP contribution in [0.4, 0.5) is 8.78 Å². The maximum atomic E-state index is 12.6. The van der Waals surface area contributed by atoms with E-state index in [-0.39, 0.29) is 12.3 Å². The average Bonchev–Trinajstić information content (AvgIpc) is 2.39. The van der Waals surface area contributed by atoms with Gasteiger partial charge in [-0.2, -0.15) is 8.78 Å². The molecule has 0 unspecified atom stereocenters. The van der Waals surface area contributed by atoms with E-state index in [1.807, 2.05) is 0 Å². The Morgan fingerprint density at radius 3 is 2.53 bits per heavy atom. The molecular formula is C10H13F2NO2. The summed E-state index contributed by atoms with van der Waals surface area (Å²) in [5.41, 5.74) is -0.552. The first kappa shape index (κ1) is 11.8. The summed E-state index contributed by atoms with van der Waals surface area (Å²) in [6.07, 6.45) is 1.22. The molecule has 0 N–H and O–H groups in total. The van der Waals surface area contributed by atoms with Crippen LogP contribution in [-0.4, -0.2) is 24.7 Å². The minimum absolute atomic E-state index is 0.0811. The maximum Gasteiger partial charge on any atom is 0.311 e. The lowest BCUT2D eigenvalue weighted by atomic mass is 9.97. The molecule has 3 nitrogen and oxygen atoms in total. The third kappa shape index (κ3) is 3.42. The molecule has 0 fully saturated rings. The van der Waals surface area contributed by atoms with Crippen LogP contribution in [-0.2, 0) is 9.53 Å². The van der Waals surface area contributed by atoms with Crippen molar-refractivity contribution in [2.24, 2.45) is 10.4 Å². The predicted molar refractivity (Wildman–Crippen MR) is 51.9 cm³/mol. The van der Waals surface area contributed by atoms with Gasteiger partial charge in [0.05, 0.1) is 17.3 Å². The molecule has 0 aromatic carbocycles. The molecule has 0 aromatic rings. The number of ether oxygens (including phenoxy) is 1. The minimum atomic E-state index is -3.01. The van der Waals surface area contributed by atoms with E-state index in [1.165, 1.54) is 0 Å². The fourth-order valence-corrected chi connectivity index (χ4v) is 0.901. The summed E-state index contributed by atoms with van der Waals surface area (Å²) in [7, 11) is 0. The first-order valence-electron chi connectivity index (χ1n) is 4.53. The van der Waals surface area contributed by atoms with Crippen LogP contribution in [0.25, 0.3) is 0 Å². The van der Waals surface area contributed by atoms with E-state index in [2.05, 4.69) is 4.99 Å². The molecule has 15 heavy (non-hydrogen) atoms. The molecule has 0 radical (unpaired) electrons. The molecule has 1 rings (SSSR count). The zero-order valence-electron chi connectivity index (χ0n) is 8.88. The number of aliphatic imine (C=N–C) groups is 1. The van der Waals surface area contributed by atoms with Crippen molar-refractivity contribution in [1.29, 1.82) is 0 Å². The van der Waals surface area contributed by atoms with Crippen LogP contribution in [0.3, 0.4) is 0 Å². The molecule has 0 spiro atoms. The van der Waals surface area contributed by atoms with Crippen molar-refractivity contribution in [2.75, 3.05) is 6.61 Å². The van der Waals surface area contributed by atoms with E-state index in [0.717, 1.165) is 0 Å². The standard InChI is InChI=1S/C10H13F2NO2/c1-9(2,3)8(14)15-5-7-4-10(11,12)6-13-7/h4,6H,5H2,1-3H3. The van der Waals surface area contributed by atoms with Gasteiger partial charge in [-0.05, 0) is 20.8 Å². The second-order valence-electron chi connectivity index (χ2n) is 4.39. The largest absolute Gasteiger partial charge is 0.459 e. The molecule has 1 heterocycles. The molecular weight excluding hydrogens is 204 g/mol. The van der Waals surface area contributed by atoms with Crippen LogP contribution < -0.4 is 0 Å². The van der Waals surface area contributed by atoms with E-state index < -0.39 is 17.3 Å². The number of halogens is 2. The van der Waals surface area contributed by atoms with Gasteiger partial charge < -0.3 is 4.74 Å². The van der Waals surface area contributed by atoms with Crippen molar-refractivity contribution in [3.05, 3.63) is 11.8 Å². The fourth-order valence-electron chi connectivity index (χ4n) is 0.901. The Morgan fingerprint density at radius 2 is 2.13 bits per heavy atom. The van der Waals surface area contributed by atoms with E-state index in [4.69, 9.17) is 4.74 Å². The number of carbonyl (C=O) groups is 1. The topological polar surface area (TPSA) is 38.7 Å². The van der Waals surface area contributed by atoms with Gasteiger partial charge in [0.2, 0.25) is 0 Å². The van der Waals surface area contributed by atoms with Crippen LogP contribution in [0.1, 0.15) is 20.8 Å². The third-order valence-corrected chi connectivity index (χ3v) is 1.73. The minimum Gasteiger partial charge on any atom is -0.459 e. The van der Waals surface area contributed by atoms with Crippen LogP contribution in [0.15, 0.2) is 16.8 Å². The fraction of sp³-hybridized carbons (Fsp3) is 0.600. The lowest BCUT2D eigenvalue weighted by Crippen LogP contribution is -2.23. The monoisotopic (exact) mass is 217 g/mol. The molecule has 5 heteroatoms. The van der Waals surface area contributed by atoms with Gasteiger partial charge in [-0.1, -0.05) is 0 Å². The van der Waals surface area contributed by atoms with Gasteiger partial charge in [-0.15, -0.1) is 0 Å². The lowest BCUT2D eigenvalue weighted by molar-refractivity contribution is -0.151. The summed E-state index contributed by atoms with van der Waals surface area (Å²) in [6.45, 7) is 4.87. The van der Waals surface area contributed by atoms with E-state index in [1.54, 1.807) is 20.8 Å². The number of allylic oxidation sites excluding steroid dienone is 1. The Bertz CT molecular complexity index is 327. The Kier molecular flexibility index (Phi) is 2.93. The van der Waals surface area contributed by atoms with Crippen molar-refractivity contribution >= 4 is 12.2 Å². The van der Waals surface area contributed by atoms with Crippen molar-refractivity contribution < 1.29 is 18.3 Å². The van der Waals surface area contributed by atoms with Crippen LogP contribution in [0.5, 0.6) is 0 Å². The molecule has 1 aliphatic rings. The summed E-state index contributed by atoms with van der Waals surface area (Å²) in [6, 6.07) is 0. The second-order valence-corrected chi connectivity index (χ2v) is 4.39. The SMILES string of the molecule is CC(C)(C)C(=O)OCC1=CC(F)(F)C=N1. The highest BCUT2D eigenvalue weighted by Crippen LogP contribution is 2.22. The van der Waals surface area contributed by atoms with Crippen LogP contribution in [0, 0.1) is 5.41 Å². The van der Waals surface area contributed by atoms with Crippen molar-refractivity contribution in [3.8, 4) is 0 Å². The summed E-state index contributed by atoms with van der Waals surface area (Å²) in [5.74, 6) is -3.45. The van der Waals surface area contributed by atoms with Gasteiger partial charge in [0, 0.05) is 6.08 Å². The number of hydrogen-bond acceptors (Lipinski definition) is 3. The molecule has 1 aliphatic heterocycles. The Hall–Kier alpha value is -1.26. The summed E-state index contributed by atoms with van der Waals surface area (Å²) in [5, 5.41) is 0. The zero-order valence-corrected chi connectivity index (χ0v) is 8.88. The van der Waals surface area contributed by atoms with Gasteiger partial charge in [-0.25, -0.2) is 0 Å². The predicted octanol–water partition coefficient (Wildman–Crippen LogP) is 2.18. The van der Waals surface area contributed by atoms with Crippen molar-refractivity contribution in [2.45, 2.75) is 26.7 Å². The zero-order chi connectivity index (χ0) is 11.7. The van der Waals surface area contributed by atoms with Crippen molar-refractivity contribution in [1.82, 2.24) is 0 Å². The summed E-state index contributed by atoms with van der Waals surface area (Å²) >= 11 is 0. The highest BCUT2D eigenvalue weighted by Gasteiger charge is 2.29. The van der Waals surface area contributed by atoms with E-state index in [0.29, 0.717) is 12.3 Å². The van der Waals surface area contributed by atoms with Crippen molar-refractivity contribution in [3.63, 3.8) is 0 Å². The smallest absolute Gasteiger partial charge is 0.311 e. The van der Waals surface area contributed by atoms with Gasteiger partial charge in [0.1, 0.15) is 6.61 Å². The van der Waals surface area contributed by atoms with E-state index in [9.17, 15) is 13.6 Å². The van der Waals surface area contributed by atoms with Crippen LogP contribution in [0.2, 0.25) is 0 Å². The third-order valence-electron chi connectivity index (χ3n) is 1.73. The Labute approximate surface area is 86.8 Å².